The summed E-state index contributed by atoms with van der Waals surface area (Å²) >= 11 is 19.9. The van der Waals surface area contributed by atoms with Crippen molar-refractivity contribution in [3.05, 3.63) is 53.6 Å². The predicted octanol–water partition coefficient (Wildman–Crippen LogP) is 7.22. The molecule has 1 fully saturated rings. The van der Waals surface area contributed by atoms with Crippen LogP contribution in [0.1, 0.15) is 63.8 Å². The Bertz CT molecular complexity index is 1300. The molecule has 0 saturated carbocycles. The molecule has 1 aromatic heterocycles. The van der Waals surface area contributed by atoms with E-state index in [-0.39, 0.29) is 30.2 Å². The molecule has 198 valence electrons. The molecule has 2 atom stereocenters. The van der Waals surface area contributed by atoms with Gasteiger partial charge in [-0.25, -0.2) is 0 Å². The molecule has 1 aliphatic carbocycles. The number of alkyl halides is 3. The highest BCUT2D eigenvalue weighted by atomic mass is 35.5. The minimum absolute atomic E-state index is 0.00947. The number of benzene rings is 1. The zero-order chi connectivity index (χ0) is 26.7. The van der Waals surface area contributed by atoms with Crippen molar-refractivity contribution in [1.29, 1.82) is 0 Å². The second-order valence-corrected chi connectivity index (χ2v) is 12.1. The van der Waals surface area contributed by atoms with Crippen LogP contribution in [-0.4, -0.2) is 41.6 Å². The fourth-order valence-electron chi connectivity index (χ4n) is 5.29. The molecule has 3 heterocycles. The Morgan fingerprint density at radius 3 is 2.57 bits per heavy atom. The number of carbonyl (C=O) groups excluding carboxylic acids is 2. The van der Waals surface area contributed by atoms with Gasteiger partial charge < -0.3 is 9.74 Å². The number of rotatable bonds is 6. The van der Waals surface area contributed by atoms with E-state index in [4.69, 9.17) is 39.6 Å². The summed E-state index contributed by atoms with van der Waals surface area (Å²) < 4.78 is 38.3. The summed E-state index contributed by atoms with van der Waals surface area (Å²) in [5.74, 6) is -1.55. The molecular weight excluding hydrogens is 572 g/mol. The van der Waals surface area contributed by atoms with Gasteiger partial charge in [-0.3, -0.25) is 9.59 Å². The van der Waals surface area contributed by atoms with Crippen LogP contribution in [0.5, 0.6) is 0 Å². The van der Waals surface area contributed by atoms with Gasteiger partial charge in [0.15, 0.2) is 11.4 Å². The van der Waals surface area contributed by atoms with Crippen molar-refractivity contribution >= 4 is 63.5 Å². The van der Waals surface area contributed by atoms with Gasteiger partial charge in [-0.1, -0.05) is 40.0 Å². The number of oxime groups is 1. The third kappa shape index (κ3) is 5.12. The summed E-state index contributed by atoms with van der Waals surface area (Å²) in [6.45, 7) is 0.602. The molecule has 0 radical (unpaired) electrons. The van der Waals surface area contributed by atoms with E-state index in [0.717, 1.165) is 45.7 Å². The number of fused-ring (bicyclic) bond motifs is 1. The van der Waals surface area contributed by atoms with Crippen LogP contribution in [0.15, 0.2) is 17.3 Å². The molecule has 0 N–H and O–H groups in total. The molecule has 1 amide bonds. The lowest BCUT2D eigenvalue weighted by Crippen LogP contribution is -2.36. The molecule has 37 heavy (non-hydrogen) atoms. The first-order valence-corrected chi connectivity index (χ1v) is 13.7. The summed E-state index contributed by atoms with van der Waals surface area (Å²) in [4.78, 5) is 33.9. The monoisotopic (exact) mass is 592 g/mol. The van der Waals surface area contributed by atoms with Crippen molar-refractivity contribution in [2.75, 3.05) is 13.1 Å². The standard InChI is InChI=1S/C25H22Cl3F3N2O3S/c1-24(13-8-16(26)20(28)17(27)9-13)10-18(32-36-24)21-14-3-2-4-15(14)22(37-21)19(34)7-12-5-6-33(23(12)35)11-25(29,30)31/h8-9,12H,2-7,10-11H2,1H3. The van der Waals surface area contributed by atoms with Crippen LogP contribution in [0.3, 0.4) is 0 Å². The predicted molar refractivity (Wildman–Crippen MR) is 137 cm³/mol. The van der Waals surface area contributed by atoms with E-state index in [1.165, 1.54) is 11.3 Å². The second kappa shape index (κ2) is 9.74. The van der Waals surface area contributed by atoms with Gasteiger partial charge in [0, 0.05) is 30.9 Å². The van der Waals surface area contributed by atoms with Crippen molar-refractivity contribution in [2.45, 2.75) is 57.2 Å². The number of nitrogens with zero attached hydrogens (tertiary/aromatic N) is 2. The zero-order valence-corrected chi connectivity index (χ0v) is 22.8. The lowest BCUT2D eigenvalue weighted by molar-refractivity contribution is -0.158. The normalized spacial score (nSPS) is 23.4. The first-order chi connectivity index (χ1) is 17.4. The maximum atomic E-state index is 13.3. The third-order valence-electron chi connectivity index (χ3n) is 7.15. The largest absolute Gasteiger partial charge is 0.406 e. The Morgan fingerprint density at radius 2 is 1.89 bits per heavy atom. The minimum atomic E-state index is -4.46. The average molecular weight is 594 g/mol. The fraction of sp³-hybridized carbons (Fsp3) is 0.480. The number of ketones is 1. The van der Waals surface area contributed by atoms with Crippen LogP contribution in [0.4, 0.5) is 13.2 Å². The summed E-state index contributed by atoms with van der Waals surface area (Å²) in [7, 11) is 0. The molecule has 5 nitrogen and oxygen atoms in total. The van der Waals surface area contributed by atoms with Gasteiger partial charge in [0.05, 0.1) is 24.8 Å². The highest BCUT2D eigenvalue weighted by Gasteiger charge is 2.42. The second-order valence-electron chi connectivity index (χ2n) is 9.85. The third-order valence-corrected chi connectivity index (χ3v) is 9.71. The number of thiophene rings is 1. The van der Waals surface area contributed by atoms with E-state index in [9.17, 15) is 22.8 Å². The zero-order valence-electron chi connectivity index (χ0n) is 19.7. The molecule has 2 unspecified atom stereocenters. The number of hydrogen-bond donors (Lipinski definition) is 0. The van der Waals surface area contributed by atoms with Crippen molar-refractivity contribution in [3.63, 3.8) is 0 Å². The molecule has 1 aromatic carbocycles. The van der Waals surface area contributed by atoms with E-state index in [1.807, 2.05) is 6.92 Å². The maximum Gasteiger partial charge on any atom is 0.406 e. The van der Waals surface area contributed by atoms with Gasteiger partial charge in [-0.2, -0.15) is 13.2 Å². The van der Waals surface area contributed by atoms with Gasteiger partial charge in [-0.05, 0) is 55.9 Å². The van der Waals surface area contributed by atoms with E-state index in [1.54, 1.807) is 12.1 Å². The summed E-state index contributed by atoms with van der Waals surface area (Å²) in [5, 5.41) is 5.23. The van der Waals surface area contributed by atoms with Crippen molar-refractivity contribution < 1.29 is 27.6 Å². The molecule has 2 aromatic rings. The molecule has 0 spiro atoms. The molecule has 12 heteroatoms. The Balaban J connectivity index is 1.35. The van der Waals surface area contributed by atoms with E-state index >= 15 is 0 Å². The van der Waals surface area contributed by atoms with Crippen LogP contribution >= 0.6 is 46.1 Å². The molecular formula is C25H22Cl3F3N2O3S. The number of carbonyl (C=O) groups is 2. The van der Waals surface area contributed by atoms with Crippen LogP contribution < -0.4 is 0 Å². The van der Waals surface area contributed by atoms with Gasteiger partial charge in [0.1, 0.15) is 12.3 Å². The molecule has 2 aliphatic heterocycles. The Hall–Kier alpha value is -1.81. The highest BCUT2D eigenvalue weighted by Crippen LogP contribution is 2.44. The van der Waals surface area contributed by atoms with Gasteiger partial charge >= 0.3 is 6.18 Å². The highest BCUT2D eigenvalue weighted by molar-refractivity contribution is 7.16. The Labute approximate surface area is 230 Å². The van der Waals surface area contributed by atoms with E-state index < -0.39 is 30.1 Å². The topological polar surface area (TPSA) is 59.0 Å². The molecule has 0 bridgehead atoms. The molecule has 3 aliphatic rings. The van der Waals surface area contributed by atoms with Crippen LogP contribution in [-0.2, 0) is 28.1 Å². The fourth-order valence-corrected chi connectivity index (χ4v) is 7.21. The lowest BCUT2D eigenvalue weighted by Gasteiger charge is -2.22. The summed E-state index contributed by atoms with van der Waals surface area (Å²) in [6.07, 6.45) is -1.46. The number of amides is 1. The first-order valence-electron chi connectivity index (χ1n) is 11.8. The first kappa shape index (κ1) is 26.8. The number of halogens is 6. The van der Waals surface area contributed by atoms with E-state index in [0.29, 0.717) is 27.1 Å². The Morgan fingerprint density at radius 1 is 1.22 bits per heavy atom. The van der Waals surface area contributed by atoms with Gasteiger partial charge in [0.2, 0.25) is 5.91 Å². The van der Waals surface area contributed by atoms with Crippen molar-refractivity contribution in [2.24, 2.45) is 11.1 Å². The molecule has 1 saturated heterocycles. The summed E-state index contributed by atoms with van der Waals surface area (Å²) in [5.41, 5.74) is 2.61. The number of hydrogen-bond acceptors (Lipinski definition) is 5. The van der Waals surface area contributed by atoms with E-state index in [2.05, 4.69) is 5.16 Å². The number of likely N-dealkylation sites (tertiary alicyclic amines) is 1. The van der Waals surface area contributed by atoms with Crippen LogP contribution in [0.2, 0.25) is 15.1 Å². The van der Waals surface area contributed by atoms with Crippen molar-refractivity contribution in [3.8, 4) is 0 Å². The minimum Gasteiger partial charge on any atom is -0.384 e. The lowest BCUT2D eigenvalue weighted by atomic mass is 9.90. The molecule has 5 rings (SSSR count). The quantitative estimate of drug-likeness (QED) is 0.262. The summed E-state index contributed by atoms with van der Waals surface area (Å²) in [6, 6.07) is 3.39. The average Bonchev–Trinajstić information content (AvgIpc) is 3.58. The van der Waals surface area contributed by atoms with Crippen LogP contribution in [0.25, 0.3) is 0 Å². The number of Topliss-reactive ketones (excluding diaryl/α,β-unsaturated/α-hetero) is 1. The van der Waals surface area contributed by atoms with Gasteiger partial charge in [0.25, 0.3) is 0 Å². The Kier molecular flexibility index (Phi) is 7.05. The van der Waals surface area contributed by atoms with Crippen molar-refractivity contribution in [1.82, 2.24) is 4.90 Å². The SMILES string of the molecule is CC1(c2cc(Cl)c(Cl)c(Cl)c2)CC(c2sc(C(=O)CC3CCN(CC(F)(F)F)C3=O)c3c2CCC3)=NO1. The maximum absolute atomic E-state index is 13.3. The smallest absolute Gasteiger partial charge is 0.384 e. The van der Waals surface area contributed by atoms with Gasteiger partial charge in [-0.15, -0.1) is 11.3 Å². The van der Waals surface area contributed by atoms with Crippen LogP contribution in [0, 0.1) is 5.92 Å².